The third-order valence-electron chi connectivity index (χ3n) is 3.56. The van der Waals surface area contributed by atoms with Crippen LogP contribution in [0, 0.1) is 24.0 Å². The van der Waals surface area contributed by atoms with E-state index in [4.69, 9.17) is 12.2 Å². The molecule has 0 heterocycles. The van der Waals surface area contributed by atoms with Crippen LogP contribution in [-0.2, 0) is 6.42 Å². The fourth-order valence-corrected chi connectivity index (χ4v) is 2.81. The molecular weight excluding hydrogens is 326 g/mol. The molecule has 0 saturated heterocycles. The number of ketones is 1. The minimum Gasteiger partial charge on any atom is -0.508 e. The van der Waals surface area contributed by atoms with Gasteiger partial charge < -0.3 is 5.11 Å². The van der Waals surface area contributed by atoms with Gasteiger partial charge in [0, 0.05) is 41.0 Å². The highest BCUT2D eigenvalue weighted by molar-refractivity contribution is 7.80. The van der Waals surface area contributed by atoms with Crippen LogP contribution in [0.2, 0.25) is 0 Å². The normalized spacial score (nSPS) is 10.4. The number of Topliss-reactive ketones (excluding diaryl/α,β-unsaturated/α-hetero) is 1. The number of carbonyl (C=O) groups excluding carboxylic acids is 1. The number of nitrogens with zero attached hydrogens (tertiary/aromatic N) is 1. The van der Waals surface area contributed by atoms with Crippen LogP contribution in [0.1, 0.15) is 33.5 Å². The number of phenolic OH excluding ortho intramolecular Hbond substituents is 1. The topological polar surface area (TPSA) is 80.4 Å². The summed E-state index contributed by atoms with van der Waals surface area (Å²) in [4.78, 5) is 23.1. The summed E-state index contributed by atoms with van der Waals surface area (Å²) in [6.45, 7) is 3.84. The third kappa shape index (κ3) is 4.45. The second kappa shape index (κ2) is 7.31. The summed E-state index contributed by atoms with van der Waals surface area (Å²) in [6.07, 6.45) is 0.194. The van der Waals surface area contributed by atoms with Gasteiger partial charge in [-0.1, -0.05) is 29.4 Å². The smallest absolute Gasteiger partial charge is 0.269 e. The van der Waals surface area contributed by atoms with Gasteiger partial charge in [-0.15, -0.1) is 0 Å². The molecule has 0 amide bonds. The van der Waals surface area contributed by atoms with E-state index in [9.17, 15) is 20.0 Å². The number of aryl methyl sites for hydroxylation is 2. The largest absolute Gasteiger partial charge is 0.508 e. The van der Waals surface area contributed by atoms with Crippen molar-refractivity contribution in [2.75, 3.05) is 0 Å². The van der Waals surface area contributed by atoms with Crippen LogP contribution < -0.4 is 0 Å². The SMILES string of the molecule is Cc1cc(C)cc(C(=O)CC(=S)Cc2cc([N+](=O)[O-])ccc2O)c1. The van der Waals surface area contributed by atoms with E-state index in [1.807, 2.05) is 32.0 Å². The van der Waals surface area contributed by atoms with Gasteiger partial charge in [-0.3, -0.25) is 14.9 Å². The average Bonchev–Trinajstić information content (AvgIpc) is 2.48. The molecule has 124 valence electrons. The number of thiocarbonyl (C=S) groups is 1. The summed E-state index contributed by atoms with van der Waals surface area (Å²) < 4.78 is 0. The fraction of sp³-hybridized carbons (Fsp3) is 0.222. The molecule has 0 unspecified atom stereocenters. The molecule has 0 aliphatic carbocycles. The standard InChI is InChI=1S/C18H17NO4S/c1-11-5-12(2)7-13(6-11)18(21)10-16(24)9-14-8-15(19(22)23)3-4-17(14)20/h3-8,20H,9-10H2,1-2H3. The molecule has 0 spiro atoms. The van der Waals surface area contributed by atoms with Crippen molar-refractivity contribution in [2.24, 2.45) is 0 Å². The van der Waals surface area contributed by atoms with E-state index in [2.05, 4.69) is 0 Å². The molecule has 1 N–H and O–H groups in total. The van der Waals surface area contributed by atoms with E-state index in [1.165, 1.54) is 18.2 Å². The van der Waals surface area contributed by atoms with Crippen molar-refractivity contribution in [2.45, 2.75) is 26.7 Å². The van der Waals surface area contributed by atoms with Crippen molar-refractivity contribution < 1.29 is 14.8 Å². The van der Waals surface area contributed by atoms with Crippen molar-refractivity contribution in [1.29, 1.82) is 0 Å². The lowest BCUT2D eigenvalue weighted by Crippen LogP contribution is -2.09. The third-order valence-corrected chi connectivity index (χ3v) is 3.85. The minimum absolute atomic E-state index is 0.0559. The number of nitro groups is 1. The lowest BCUT2D eigenvalue weighted by molar-refractivity contribution is -0.384. The number of benzene rings is 2. The Balaban J connectivity index is 2.12. The first-order chi connectivity index (χ1) is 11.3. The first kappa shape index (κ1) is 17.7. The van der Waals surface area contributed by atoms with Gasteiger partial charge in [0.1, 0.15) is 5.75 Å². The summed E-state index contributed by atoms with van der Waals surface area (Å²) in [5, 5.41) is 20.6. The van der Waals surface area contributed by atoms with Crippen molar-refractivity contribution in [3.05, 3.63) is 68.8 Å². The Bertz CT molecular complexity index is 810. The molecule has 0 aromatic heterocycles. The van der Waals surface area contributed by atoms with Crippen molar-refractivity contribution in [3.8, 4) is 5.75 Å². The Labute approximate surface area is 145 Å². The van der Waals surface area contributed by atoms with Crippen LogP contribution in [0.25, 0.3) is 0 Å². The van der Waals surface area contributed by atoms with E-state index in [0.717, 1.165) is 11.1 Å². The molecule has 0 radical (unpaired) electrons. The zero-order valence-electron chi connectivity index (χ0n) is 13.4. The molecular formula is C18H17NO4S. The highest BCUT2D eigenvalue weighted by Crippen LogP contribution is 2.24. The molecule has 5 nitrogen and oxygen atoms in total. The molecule has 0 atom stereocenters. The van der Waals surface area contributed by atoms with Gasteiger partial charge in [0.2, 0.25) is 0 Å². The lowest BCUT2D eigenvalue weighted by atomic mass is 9.99. The van der Waals surface area contributed by atoms with E-state index in [-0.39, 0.29) is 30.1 Å². The van der Waals surface area contributed by atoms with Gasteiger partial charge in [0.25, 0.3) is 5.69 Å². The predicted octanol–water partition coefficient (Wildman–Crippen LogP) is 4.10. The molecule has 2 aromatic carbocycles. The first-order valence-corrected chi connectivity index (χ1v) is 7.76. The monoisotopic (exact) mass is 343 g/mol. The summed E-state index contributed by atoms with van der Waals surface area (Å²) >= 11 is 5.24. The number of hydrogen-bond acceptors (Lipinski definition) is 5. The Kier molecular flexibility index (Phi) is 5.41. The maximum Gasteiger partial charge on any atom is 0.269 e. The zero-order valence-corrected chi connectivity index (χ0v) is 14.2. The molecule has 2 aromatic rings. The van der Waals surface area contributed by atoms with E-state index in [0.29, 0.717) is 16.0 Å². The fourth-order valence-electron chi connectivity index (χ4n) is 2.52. The number of rotatable bonds is 6. The van der Waals surface area contributed by atoms with Crippen LogP contribution in [0.4, 0.5) is 5.69 Å². The summed E-state index contributed by atoms with van der Waals surface area (Å²) in [6, 6.07) is 9.37. The van der Waals surface area contributed by atoms with E-state index in [1.54, 1.807) is 0 Å². The molecule has 0 fully saturated rings. The molecule has 0 saturated carbocycles. The Morgan fingerprint density at radius 1 is 1.17 bits per heavy atom. The molecule has 24 heavy (non-hydrogen) atoms. The van der Waals surface area contributed by atoms with E-state index < -0.39 is 4.92 Å². The average molecular weight is 343 g/mol. The van der Waals surface area contributed by atoms with Gasteiger partial charge in [0.15, 0.2) is 5.78 Å². The van der Waals surface area contributed by atoms with Gasteiger partial charge in [-0.05, 0) is 32.0 Å². The lowest BCUT2D eigenvalue weighted by Gasteiger charge is -2.07. The van der Waals surface area contributed by atoms with Gasteiger partial charge in [-0.2, -0.15) is 0 Å². The first-order valence-electron chi connectivity index (χ1n) is 7.35. The van der Waals surface area contributed by atoms with Crippen molar-refractivity contribution >= 4 is 28.6 Å². The quantitative estimate of drug-likeness (QED) is 0.370. The maximum atomic E-state index is 12.4. The van der Waals surface area contributed by atoms with Crippen LogP contribution in [0.5, 0.6) is 5.75 Å². The van der Waals surface area contributed by atoms with Crippen LogP contribution in [-0.4, -0.2) is 20.7 Å². The second-order valence-corrected chi connectivity index (χ2v) is 6.34. The highest BCUT2D eigenvalue weighted by Gasteiger charge is 2.15. The Morgan fingerprint density at radius 2 is 1.79 bits per heavy atom. The summed E-state index contributed by atoms with van der Waals surface area (Å²) in [5.74, 6) is -0.168. The number of non-ortho nitro benzene ring substituents is 1. The number of nitro benzene ring substituents is 1. The summed E-state index contributed by atoms with van der Waals surface area (Å²) in [7, 11) is 0. The molecule has 6 heteroatoms. The number of aromatic hydroxyl groups is 1. The van der Waals surface area contributed by atoms with Gasteiger partial charge >= 0.3 is 0 Å². The molecule has 2 rings (SSSR count). The second-order valence-electron chi connectivity index (χ2n) is 5.76. The van der Waals surface area contributed by atoms with E-state index >= 15 is 0 Å². The zero-order chi connectivity index (χ0) is 17.9. The molecule has 0 bridgehead atoms. The molecule has 0 aliphatic rings. The van der Waals surface area contributed by atoms with Crippen molar-refractivity contribution in [3.63, 3.8) is 0 Å². The summed E-state index contributed by atoms with van der Waals surface area (Å²) in [5.41, 5.74) is 2.83. The van der Waals surface area contributed by atoms with Crippen LogP contribution in [0.3, 0.4) is 0 Å². The number of phenols is 1. The van der Waals surface area contributed by atoms with Crippen molar-refractivity contribution in [1.82, 2.24) is 0 Å². The minimum atomic E-state index is -0.535. The number of carbonyl (C=O) groups is 1. The van der Waals surface area contributed by atoms with Crippen LogP contribution in [0.15, 0.2) is 36.4 Å². The van der Waals surface area contributed by atoms with Crippen LogP contribution >= 0.6 is 12.2 Å². The maximum absolute atomic E-state index is 12.4. The van der Waals surface area contributed by atoms with Gasteiger partial charge in [0.05, 0.1) is 4.92 Å². The Morgan fingerprint density at radius 3 is 2.38 bits per heavy atom. The predicted molar refractivity (Wildman–Crippen MR) is 95.9 cm³/mol. The Hall–Kier alpha value is -2.60. The van der Waals surface area contributed by atoms with Gasteiger partial charge in [-0.25, -0.2) is 0 Å². The molecule has 0 aliphatic heterocycles. The number of hydrogen-bond donors (Lipinski definition) is 1. The highest BCUT2D eigenvalue weighted by atomic mass is 32.1.